The molecule has 1 N–H and O–H groups in total. The number of carbonyl (C=O) groups is 1. The highest BCUT2D eigenvalue weighted by molar-refractivity contribution is 5.87. The van der Waals surface area contributed by atoms with E-state index in [1.54, 1.807) is 0 Å². The maximum atomic E-state index is 10.7. The zero-order chi connectivity index (χ0) is 13.8. The lowest BCUT2D eigenvalue weighted by molar-refractivity contribution is 0.0696. The minimum Gasteiger partial charge on any atom is -0.478 e. The summed E-state index contributed by atoms with van der Waals surface area (Å²) in [6.45, 7) is 3.92. The third-order valence-corrected chi connectivity index (χ3v) is 2.60. The molecule has 0 bridgehead atoms. The van der Waals surface area contributed by atoms with Crippen LogP contribution in [-0.2, 0) is 6.42 Å². The Morgan fingerprint density at radius 3 is 2.68 bits per heavy atom. The standard InChI is InChI=1S/C14H14N2O3/c1-3-11-12(6-4-9(2)16-11)19-13-7-5-10(8-15-13)14(17)18/h4-8H,3H2,1-2H3,(H,17,18). The fourth-order valence-electron chi connectivity index (χ4n) is 1.62. The molecule has 0 atom stereocenters. The summed E-state index contributed by atoms with van der Waals surface area (Å²) in [5.41, 5.74) is 1.91. The Kier molecular flexibility index (Phi) is 3.75. The molecule has 0 unspecified atom stereocenters. The molecule has 2 aromatic heterocycles. The summed E-state index contributed by atoms with van der Waals surface area (Å²) in [7, 11) is 0. The van der Waals surface area contributed by atoms with Gasteiger partial charge in [-0.2, -0.15) is 0 Å². The number of ether oxygens (including phenoxy) is 1. The number of pyridine rings is 2. The highest BCUT2D eigenvalue weighted by Crippen LogP contribution is 2.23. The monoisotopic (exact) mass is 258 g/mol. The van der Waals surface area contributed by atoms with Crippen molar-refractivity contribution in [2.75, 3.05) is 0 Å². The number of aromatic nitrogens is 2. The highest BCUT2D eigenvalue weighted by Gasteiger charge is 2.08. The molecule has 0 aliphatic rings. The Labute approximate surface area is 110 Å². The highest BCUT2D eigenvalue weighted by atomic mass is 16.5. The average molecular weight is 258 g/mol. The molecule has 0 aliphatic carbocycles. The average Bonchev–Trinajstić information content (AvgIpc) is 2.41. The van der Waals surface area contributed by atoms with E-state index < -0.39 is 5.97 Å². The topological polar surface area (TPSA) is 72.3 Å². The van der Waals surface area contributed by atoms with Crippen LogP contribution in [0.2, 0.25) is 0 Å². The molecule has 98 valence electrons. The number of aromatic carboxylic acids is 1. The van der Waals surface area contributed by atoms with Crippen molar-refractivity contribution >= 4 is 5.97 Å². The van der Waals surface area contributed by atoms with Crippen molar-refractivity contribution in [3.63, 3.8) is 0 Å². The number of carboxylic acid groups (broad SMARTS) is 1. The fourth-order valence-corrected chi connectivity index (χ4v) is 1.62. The molecule has 0 saturated heterocycles. The van der Waals surface area contributed by atoms with Crippen LogP contribution in [0.3, 0.4) is 0 Å². The van der Waals surface area contributed by atoms with Crippen LogP contribution in [-0.4, -0.2) is 21.0 Å². The van der Waals surface area contributed by atoms with Gasteiger partial charge in [-0.25, -0.2) is 9.78 Å². The summed E-state index contributed by atoms with van der Waals surface area (Å²) in [5, 5.41) is 8.79. The fraction of sp³-hybridized carbons (Fsp3) is 0.214. The molecule has 0 fully saturated rings. The second kappa shape index (κ2) is 5.48. The van der Waals surface area contributed by atoms with Gasteiger partial charge in [-0.1, -0.05) is 6.92 Å². The maximum absolute atomic E-state index is 10.7. The van der Waals surface area contributed by atoms with E-state index in [-0.39, 0.29) is 5.56 Å². The summed E-state index contributed by atoms with van der Waals surface area (Å²) >= 11 is 0. The predicted molar refractivity (Wildman–Crippen MR) is 69.6 cm³/mol. The van der Waals surface area contributed by atoms with Crippen LogP contribution >= 0.6 is 0 Å². The summed E-state index contributed by atoms with van der Waals surface area (Å²) < 4.78 is 5.62. The van der Waals surface area contributed by atoms with E-state index in [0.29, 0.717) is 11.6 Å². The van der Waals surface area contributed by atoms with Crippen LogP contribution in [0.25, 0.3) is 0 Å². The van der Waals surface area contributed by atoms with Crippen LogP contribution in [0.5, 0.6) is 11.6 Å². The van der Waals surface area contributed by atoms with Crippen molar-refractivity contribution in [3.8, 4) is 11.6 Å². The minimum absolute atomic E-state index is 0.130. The van der Waals surface area contributed by atoms with Crippen LogP contribution in [0.4, 0.5) is 0 Å². The molecule has 2 heterocycles. The number of hydrogen-bond acceptors (Lipinski definition) is 4. The Morgan fingerprint density at radius 2 is 2.11 bits per heavy atom. The first-order valence-electron chi connectivity index (χ1n) is 5.94. The second-order valence-corrected chi connectivity index (χ2v) is 4.04. The Hall–Kier alpha value is -2.43. The Bertz CT molecular complexity index is 594. The molecule has 0 aliphatic heterocycles. The number of nitrogens with zero attached hydrogens (tertiary/aromatic N) is 2. The van der Waals surface area contributed by atoms with Crippen LogP contribution in [0.15, 0.2) is 30.5 Å². The van der Waals surface area contributed by atoms with Crippen LogP contribution < -0.4 is 4.74 Å². The second-order valence-electron chi connectivity index (χ2n) is 4.04. The van der Waals surface area contributed by atoms with Gasteiger partial charge in [0.25, 0.3) is 0 Å². The van der Waals surface area contributed by atoms with Crippen molar-refractivity contribution in [1.29, 1.82) is 0 Å². The van der Waals surface area contributed by atoms with Gasteiger partial charge in [-0.05, 0) is 31.5 Å². The molecule has 2 rings (SSSR count). The number of aryl methyl sites for hydroxylation is 2. The van der Waals surface area contributed by atoms with Gasteiger partial charge >= 0.3 is 5.97 Å². The summed E-state index contributed by atoms with van der Waals surface area (Å²) in [6, 6.07) is 6.69. The van der Waals surface area contributed by atoms with Crippen molar-refractivity contribution < 1.29 is 14.6 Å². The molecule has 0 saturated carbocycles. The van der Waals surface area contributed by atoms with E-state index in [0.717, 1.165) is 17.8 Å². The van der Waals surface area contributed by atoms with Gasteiger partial charge in [0, 0.05) is 18.0 Å². The summed E-state index contributed by atoms with van der Waals surface area (Å²) in [4.78, 5) is 19.1. The van der Waals surface area contributed by atoms with E-state index in [1.807, 2.05) is 26.0 Å². The lowest BCUT2D eigenvalue weighted by Gasteiger charge is -2.09. The molecule has 19 heavy (non-hydrogen) atoms. The van der Waals surface area contributed by atoms with Gasteiger partial charge in [-0.15, -0.1) is 0 Å². The largest absolute Gasteiger partial charge is 0.478 e. The minimum atomic E-state index is -1.01. The summed E-state index contributed by atoms with van der Waals surface area (Å²) in [6.07, 6.45) is 2.02. The Morgan fingerprint density at radius 1 is 1.32 bits per heavy atom. The molecule has 0 aromatic carbocycles. The lowest BCUT2D eigenvalue weighted by Crippen LogP contribution is -1.99. The molecule has 5 nitrogen and oxygen atoms in total. The van der Waals surface area contributed by atoms with Gasteiger partial charge in [0.1, 0.15) is 0 Å². The quantitative estimate of drug-likeness (QED) is 0.912. The zero-order valence-corrected chi connectivity index (χ0v) is 10.8. The van der Waals surface area contributed by atoms with Crippen LogP contribution in [0.1, 0.15) is 28.7 Å². The number of rotatable bonds is 4. The van der Waals surface area contributed by atoms with E-state index in [9.17, 15) is 4.79 Å². The molecule has 2 aromatic rings. The molecule has 0 radical (unpaired) electrons. The van der Waals surface area contributed by atoms with E-state index >= 15 is 0 Å². The van der Waals surface area contributed by atoms with Gasteiger partial charge in [-0.3, -0.25) is 4.98 Å². The lowest BCUT2D eigenvalue weighted by atomic mass is 10.2. The smallest absolute Gasteiger partial charge is 0.337 e. The van der Waals surface area contributed by atoms with E-state index in [1.165, 1.54) is 18.3 Å². The van der Waals surface area contributed by atoms with E-state index in [4.69, 9.17) is 9.84 Å². The van der Waals surface area contributed by atoms with Gasteiger partial charge < -0.3 is 9.84 Å². The molecule has 5 heteroatoms. The zero-order valence-electron chi connectivity index (χ0n) is 10.8. The van der Waals surface area contributed by atoms with Crippen molar-refractivity contribution in [1.82, 2.24) is 9.97 Å². The first-order valence-corrected chi connectivity index (χ1v) is 5.94. The molecule has 0 spiro atoms. The normalized spacial score (nSPS) is 10.2. The van der Waals surface area contributed by atoms with Gasteiger partial charge in [0.05, 0.1) is 11.3 Å². The van der Waals surface area contributed by atoms with Gasteiger partial charge in [0.2, 0.25) is 5.88 Å². The molecule has 0 amide bonds. The molecular formula is C14H14N2O3. The van der Waals surface area contributed by atoms with Crippen LogP contribution in [0, 0.1) is 6.92 Å². The summed E-state index contributed by atoms with van der Waals surface area (Å²) in [5.74, 6) is -0.0145. The van der Waals surface area contributed by atoms with Crippen molar-refractivity contribution in [2.24, 2.45) is 0 Å². The SMILES string of the molecule is CCc1nc(C)ccc1Oc1ccc(C(=O)O)cn1. The third-order valence-electron chi connectivity index (χ3n) is 2.60. The van der Waals surface area contributed by atoms with Crippen molar-refractivity contribution in [2.45, 2.75) is 20.3 Å². The van der Waals surface area contributed by atoms with E-state index in [2.05, 4.69) is 9.97 Å². The third kappa shape index (κ3) is 3.07. The maximum Gasteiger partial charge on any atom is 0.337 e. The Balaban J connectivity index is 2.23. The number of carboxylic acids is 1. The van der Waals surface area contributed by atoms with Gasteiger partial charge in [0.15, 0.2) is 5.75 Å². The first kappa shape index (κ1) is 13.0. The first-order chi connectivity index (χ1) is 9.10. The van der Waals surface area contributed by atoms with Crippen molar-refractivity contribution in [3.05, 3.63) is 47.4 Å². The molecular weight excluding hydrogens is 244 g/mol. The number of hydrogen-bond donors (Lipinski definition) is 1. The predicted octanol–water partition coefficient (Wildman–Crippen LogP) is 2.84.